The summed E-state index contributed by atoms with van der Waals surface area (Å²) in [6.45, 7) is 3.38. The van der Waals surface area contributed by atoms with Gasteiger partial charge in [-0.25, -0.2) is 9.78 Å². The van der Waals surface area contributed by atoms with Crippen LogP contribution in [0.5, 0.6) is 0 Å². The first-order chi connectivity index (χ1) is 15.0. The molecule has 0 aliphatic carbocycles. The van der Waals surface area contributed by atoms with Crippen molar-refractivity contribution in [2.24, 2.45) is 0 Å². The fraction of sp³-hybridized carbons (Fsp3) is 0.304. The van der Waals surface area contributed by atoms with Gasteiger partial charge < -0.3 is 19.9 Å². The second-order valence-corrected chi connectivity index (χ2v) is 8.57. The molecule has 1 fully saturated rings. The molecule has 0 bridgehead atoms. The number of carbonyl (C=O) groups is 1. The number of nitrogens with one attached hydrogen (secondary N) is 2. The fourth-order valence-corrected chi connectivity index (χ4v) is 4.29. The van der Waals surface area contributed by atoms with Gasteiger partial charge in [-0.3, -0.25) is 0 Å². The van der Waals surface area contributed by atoms with Crippen molar-refractivity contribution in [2.75, 3.05) is 18.4 Å². The minimum absolute atomic E-state index is 0.150. The number of amides is 1. The van der Waals surface area contributed by atoms with E-state index in [0.29, 0.717) is 29.2 Å². The molecule has 1 amide bonds. The zero-order chi connectivity index (χ0) is 21.8. The molecular formula is C23H24Cl2N4O2. The molecular weight excluding hydrogens is 435 g/mol. The Hall–Kier alpha value is -2.70. The van der Waals surface area contributed by atoms with Crippen molar-refractivity contribution in [3.63, 3.8) is 0 Å². The van der Waals surface area contributed by atoms with E-state index in [1.165, 1.54) is 0 Å². The van der Waals surface area contributed by atoms with Gasteiger partial charge in [0.25, 0.3) is 0 Å². The Labute approximate surface area is 191 Å². The zero-order valence-electron chi connectivity index (χ0n) is 17.2. The van der Waals surface area contributed by atoms with Gasteiger partial charge in [0, 0.05) is 40.4 Å². The third kappa shape index (κ3) is 5.71. The molecule has 3 aromatic rings. The summed E-state index contributed by atoms with van der Waals surface area (Å²) in [7, 11) is 0. The molecule has 6 nitrogen and oxygen atoms in total. The van der Waals surface area contributed by atoms with Gasteiger partial charge in [-0.15, -0.1) is 0 Å². The summed E-state index contributed by atoms with van der Waals surface area (Å²) >= 11 is 12.0. The van der Waals surface area contributed by atoms with Crippen LogP contribution >= 0.6 is 23.2 Å². The Morgan fingerprint density at radius 2 is 1.94 bits per heavy atom. The van der Waals surface area contributed by atoms with Crippen LogP contribution in [-0.4, -0.2) is 40.1 Å². The highest BCUT2D eigenvalue weighted by atomic mass is 35.5. The number of likely N-dealkylation sites (tertiary alicyclic amines) is 1. The molecule has 2 N–H and O–H groups in total. The lowest BCUT2D eigenvalue weighted by Gasteiger charge is -2.32. The van der Waals surface area contributed by atoms with Gasteiger partial charge in [-0.2, -0.15) is 0 Å². The Morgan fingerprint density at radius 3 is 2.61 bits per heavy atom. The highest BCUT2D eigenvalue weighted by molar-refractivity contribution is 6.34. The lowest BCUT2D eigenvalue weighted by Crippen LogP contribution is -2.42. The van der Waals surface area contributed by atoms with Gasteiger partial charge >= 0.3 is 6.09 Å². The maximum atomic E-state index is 12.4. The Morgan fingerprint density at radius 1 is 1.19 bits per heavy atom. The Kier molecular flexibility index (Phi) is 6.68. The van der Waals surface area contributed by atoms with Crippen molar-refractivity contribution in [2.45, 2.75) is 32.4 Å². The number of hydrogen-bond acceptors (Lipinski definition) is 4. The summed E-state index contributed by atoms with van der Waals surface area (Å²) in [6.07, 6.45) is 3.23. The van der Waals surface area contributed by atoms with E-state index in [1.54, 1.807) is 23.1 Å². The molecule has 1 aromatic heterocycles. The molecule has 0 atom stereocenters. The topological polar surface area (TPSA) is 70.2 Å². The van der Waals surface area contributed by atoms with Crippen molar-refractivity contribution < 1.29 is 9.53 Å². The lowest BCUT2D eigenvalue weighted by molar-refractivity contribution is 0.0882. The number of imidazole rings is 1. The predicted octanol–water partition coefficient (Wildman–Crippen LogP) is 5.91. The summed E-state index contributed by atoms with van der Waals surface area (Å²) in [5.41, 5.74) is 3.92. The molecule has 1 saturated heterocycles. The maximum Gasteiger partial charge on any atom is 0.410 e. The molecule has 1 aliphatic rings. The van der Waals surface area contributed by atoms with E-state index in [2.05, 4.69) is 33.5 Å². The largest absolute Gasteiger partial charge is 0.445 e. The quantitative estimate of drug-likeness (QED) is 0.498. The molecule has 4 rings (SSSR count). The van der Waals surface area contributed by atoms with Gasteiger partial charge in [0.05, 0.1) is 11.9 Å². The van der Waals surface area contributed by atoms with Crippen LogP contribution in [0.15, 0.2) is 48.7 Å². The second-order valence-electron chi connectivity index (χ2n) is 7.70. The van der Waals surface area contributed by atoms with E-state index in [1.807, 2.05) is 19.2 Å². The molecule has 2 aromatic carbocycles. The van der Waals surface area contributed by atoms with Crippen LogP contribution in [0.1, 0.15) is 24.2 Å². The van der Waals surface area contributed by atoms with E-state index >= 15 is 0 Å². The smallest absolute Gasteiger partial charge is 0.410 e. The van der Waals surface area contributed by atoms with Gasteiger partial charge in [0.2, 0.25) is 0 Å². The molecule has 0 unspecified atom stereocenters. The highest BCUT2D eigenvalue weighted by Crippen LogP contribution is 2.24. The number of anilines is 1. The van der Waals surface area contributed by atoms with Crippen molar-refractivity contribution in [1.82, 2.24) is 14.9 Å². The van der Waals surface area contributed by atoms with Crippen LogP contribution in [0.3, 0.4) is 0 Å². The number of hydrogen-bond donors (Lipinski definition) is 2. The van der Waals surface area contributed by atoms with Crippen molar-refractivity contribution in [3.8, 4) is 11.3 Å². The Bertz CT molecular complexity index is 1040. The highest BCUT2D eigenvalue weighted by Gasteiger charge is 2.24. The summed E-state index contributed by atoms with van der Waals surface area (Å²) in [4.78, 5) is 21.7. The lowest BCUT2D eigenvalue weighted by atomic mass is 10.0. The number of rotatable bonds is 5. The second kappa shape index (κ2) is 9.62. The standard InChI is InChI=1S/C23H24Cl2N4O2/c1-15-26-13-22(27-15)17-3-2-4-21(11-17)28-20-5-7-29(8-6-20)23(30)31-14-16-9-18(24)12-19(25)10-16/h2-4,9-13,20,28H,5-8,14H2,1H3,(H,26,27). The van der Waals surface area contributed by atoms with Crippen LogP contribution in [0.25, 0.3) is 11.3 Å². The number of piperidine rings is 1. The third-order valence-corrected chi connectivity index (χ3v) is 5.72. The number of aromatic nitrogens is 2. The molecule has 1 aliphatic heterocycles. The number of benzene rings is 2. The van der Waals surface area contributed by atoms with Crippen molar-refractivity contribution in [1.29, 1.82) is 0 Å². The number of nitrogens with zero attached hydrogens (tertiary/aromatic N) is 2. The minimum Gasteiger partial charge on any atom is -0.445 e. The zero-order valence-corrected chi connectivity index (χ0v) is 18.7. The Balaban J connectivity index is 1.27. The molecule has 0 spiro atoms. The average Bonchev–Trinajstić information content (AvgIpc) is 3.18. The molecule has 0 saturated carbocycles. The molecule has 31 heavy (non-hydrogen) atoms. The number of carbonyl (C=O) groups excluding carboxylic acids is 1. The van der Waals surface area contributed by atoms with Gasteiger partial charge in [0.1, 0.15) is 12.4 Å². The first kappa shape index (κ1) is 21.5. The summed E-state index contributed by atoms with van der Waals surface area (Å²) in [5, 5.41) is 4.64. The maximum absolute atomic E-state index is 12.4. The van der Waals surface area contributed by atoms with Crippen LogP contribution in [0, 0.1) is 6.92 Å². The number of aromatic amines is 1. The van der Waals surface area contributed by atoms with Gasteiger partial charge in [0.15, 0.2) is 0 Å². The molecule has 8 heteroatoms. The summed E-state index contributed by atoms with van der Waals surface area (Å²) in [6, 6.07) is 13.7. The molecule has 162 valence electrons. The van der Waals surface area contributed by atoms with Crippen LogP contribution in [-0.2, 0) is 11.3 Å². The summed E-state index contributed by atoms with van der Waals surface area (Å²) < 4.78 is 5.44. The number of ether oxygens (including phenoxy) is 1. The normalized spacial score (nSPS) is 14.5. The molecule has 2 heterocycles. The minimum atomic E-state index is -0.314. The van der Waals surface area contributed by atoms with Gasteiger partial charge in [-0.1, -0.05) is 35.3 Å². The van der Waals surface area contributed by atoms with Crippen molar-refractivity contribution >= 4 is 35.0 Å². The number of aryl methyl sites for hydroxylation is 1. The molecule has 0 radical (unpaired) electrons. The average molecular weight is 459 g/mol. The predicted molar refractivity (Wildman–Crippen MR) is 124 cm³/mol. The van der Waals surface area contributed by atoms with Crippen LogP contribution in [0.2, 0.25) is 10.0 Å². The van der Waals surface area contributed by atoms with E-state index in [0.717, 1.165) is 41.2 Å². The van der Waals surface area contributed by atoms with Crippen molar-refractivity contribution in [3.05, 3.63) is 70.1 Å². The van der Waals surface area contributed by atoms with E-state index in [4.69, 9.17) is 27.9 Å². The van der Waals surface area contributed by atoms with E-state index < -0.39 is 0 Å². The first-order valence-corrected chi connectivity index (χ1v) is 11.0. The van der Waals surface area contributed by atoms with E-state index in [-0.39, 0.29) is 12.7 Å². The third-order valence-electron chi connectivity index (χ3n) is 5.29. The monoisotopic (exact) mass is 458 g/mol. The number of H-pyrrole nitrogens is 1. The van der Waals surface area contributed by atoms with Crippen LogP contribution < -0.4 is 5.32 Å². The fourth-order valence-electron chi connectivity index (χ4n) is 3.72. The first-order valence-electron chi connectivity index (χ1n) is 10.2. The summed E-state index contributed by atoms with van der Waals surface area (Å²) in [5.74, 6) is 0.895. The van der Waals surface area contributed by atoms with E-state index in [9.17, 15) is 4.79 Å². The number of halogens is 2. The van der Waals surface area contributed by atoms with Gasteiger partial charge in [-0.05, 0) is 55.7 Å². The SMILES string of the molecule is Cc1ncc(-c2cccc(NC3CCN(C(=O)OCc4cc(Cl)cc(Cl)c4)CC3)c2)[nH]1. The van der Waals surface area contributed by atoms with Crippen LogP contribution in [0.4, 0.5) is 10.5 Å².